The van der Waals surface area contributed by atoms with Crippen LogP contribution in [0.4, 0.5) is 0 Å². The lowest BCUT2D eigenvalue weighted by molar-refractivity contribution is -0.138. The van der Waals surface area contributed by atoms with Crippen molar-refractivity contribution in [3.05, 3.63) is 0 Å². The van der Waals surface area contributed by atoms with E-state index in [9.17, 15) is 9.90 Å². The maximum Gasteiger partial charge on any atom is 0.228 e. The molecule has 1 N–H and O–H groups in total. The van der Waals surface area contributed by atoms with E-state index >= 15 is 0 Å². The summed E-state index contributed by atoms with van der Waals surface area (Å²) in [6.45, 7) is 6.46. The maximum atomic E-state index is 11.7. The van der Waals surface area contributed by atoms with Crippen molar-refractivity contribution < 1.29 is 9.90 Å². The monoisotopic (exact) mass is 187 g/mol. The molecule has 0 radical (unpaired) electrons. The molecule has 0 aromatic carbocycles. The van der Waals surface area contributed by atoms with Crippen molar-refractivity contribution in [3.8, 4) is 0 Å². The summed E-state index contributed by atoms with van der Waals surface area (Å²) in [5.41, 5.74) is 0. The van der Waals surface area contributed by atoms with Crippen molar-refractivity contribution in [2.75, 3.05) is 13.6 Å². The topological polar surface area (TPSA) is 40.5 Å². The SMILES string of the molecule is CCC(O)C(CC)C(=O)N(C)CC. The number of nitrogens with zero attached hydrogens (tertiary/aromatic N) is 1. The van der Waals surface area contributed by atoms with Gasteiger partial charge in [0.05, 0.1) is 12.0 Å². The van der Waals surface area contributed by atoms with Crippen molar-refractivity contribution >= 4 is 5.91 Å². The van der Waals surface area contributed by atoms with Crippen LogP contribution in [-0.2, 0) is 4.79 Å². The molecule has 0 fully saturated rings. The molecule has 0 bridgehead atoms. The van der Waals surface area contributed by atoms with E-state index in [1.54, 1.807) is 11.9 Å². The largest absolute Gasteiger partial charge is 0.392 e. The number of hydrogen-bond donors (Lipinski definition) is 1. The van der Waals surface area contributed by atoms with Gasteiger partial charge in [0.25, 0.3) is 0 Å². The summed E-state index contributed by atoms with van der Waals surface area (Å²) < 4.78 is 0. The van der Waals surface area contributed by atoms with Crippen molar-refractivity contribution in [2.24, 2.45) is 5.92 Å². The minimum absolute atomic E-state index is 0.0550. The first-order valence-corrected chi connectivity index (χ1v) is 5.01. The summed E-state index contributed by atoms with van der Waals surface area (Å²) in [5, 5.41) is 9.59. The van der Waals surface area contributed by atoms with Crippen LogP contribution in [0.25, 0.3) is 0 Å². The van der Waals surface area contributed by atoms with Crippen LogP contribution in [0.5, 0.6) is 0 Å². The summed E-state index contributed by atoms with van der Waals surface area (Å²) in [4.78, 5) is 13.3. The molecule has 0 saturated carbocycles. The second-order valence-corrected chi connectivity index (χ2v) is 3.34. The number of aliphatic hydroxyl groups excluding tert-OH is 1. The molecule has 0 aromatic rings. The normalized spacial score (nSPS) is 15.2. The predicted octanol–water partition coefficient (Wildman–Crippen LogP) is 1.26. The molecule has 0 aromatic heterocycles. The van der Waals surface area contributed by atoms with E-state index in [2.05, 4.69) is 0 Å². The zero-order valence-electron chi connectivity index (χ0n) is 9.08. The van der Waals surface area contributed by atoms with E-state index < -0.39 is 6.10 Å². The molecule has 2 unspecified atom stereocenters. The van der Waals surface area contributed by atoms with Gasteiger partial charge in [-0.15, -0.1) is 0 Å². The molecule has 3 heteroatoms. The summed E-state index contributed by atoms with van der Waals surface area (Å²) in [5.74, 6) is -0.172. The third kappa shape index (κ3) is 3.35. The third-order valence-corrected chi connectivity index (χ3v) is 2.49. The van der Waals surface area contributed by atoms with Gasteiger partial charge in [-0.05, 0) is 19.8 Å². The van der Waals surface area contributed by atoms with E-state index in [1.807, 2.05) is 20.8 Å². The fourth-order valence-electron chi connectivity index (χ4n) is 1.33. The number of carbonyl (C=O) groups is 1. The Morgan fingerprint density at radius 1 is 1.31 bits per heavy atom. The highest BCUT2D eigenvalue weighted by atomic mass is 16.3. The molecule has 2 atom stereocenters. The van der Waals surface area contributed by atoms with Crippen LogP contribution in [-0.4, -0.2) is 35.6 Å². The lowest BCUT2D eigenvalue weighted by Crippen LogP contribution is -2.38. The Hall–Kier alpha value is -0.570. The molecule has 0 heterocycles. The van der Waals surface area contributed by atoms with E-state index in [-0.39, 0.29) is 11.8 Å². The standard InChI is InChI=1S/C10H21NO2/c1-5-8(9(12)6-2)10(13)11(4)7-3/h8-9,12H,5-7H2,1-4H3. The number of amides is 1. The number of hydrogen-bond acceptors (Lipinski definition) is 2. The Labute approximate surface area is 80.7 Å². The fraction of sp³-hybridized carbons (Fsp3) is 0.900. The van der Waals surface area contributed by atoms with Crippen LogP contribution in [0.15, 0.2) is 0 Å². The summed E-state index contributed by atoms with van der Waals surface area (Å²) in [6, 6.07) is 0. The average Bonchev–Trinajstić information content (AvgIpc) is 2.17. The summed E-state index contributed by atoms with van der Waals surface area (Å²) in [7, 11) is 1.77. The van der Waals surface area contributed by atoms with E-state index in [0.717, 1.165) is 0 Å². The van der Waals surface area contributed by atoms with Gasteiger partial charge in [0.1, 0.15) is 0 Å². The molecular formula is C10H21NO2. The molecular weight excluding hydrogens is 166 g/mol. The van der Waals surface area contributed by atoms with Gasteiger partial charge in [-0.3, -0.25) is 4.79 Å². The molecule has 0 aliphatic rings. The number of aliphatic hydroxyl groups is 1. The highest BCUT2D eigenvalue weighted by molar-refractivity contribution is 5.79. The Balaban J connectivity index is 4.31. The van der Waals surface area contributed by atoms with Gasteiger partial charge in [-0.2, -0.15) is 0 Å². The molecule has 3 nitrogen and oxygen atoms in total. The molecule has 0 aliphatic carbocycles. The summed E-state index contributed by atoms with van der Waals surface area (Å²) >= 11 is 0. The number of rotatable bonds is 5. The first kappa shape index (κ1) is 12.4. The van der Waals surface area contributed by atoms with Crippen LogP contribution in [0.2, 0.25) is 0 Å². The first-order chi connectivity index (χ1) is 6.08. The number of carbonyl (C=O) groups excluding carboxylic acids is 1. The maximum absolute atomic E-state index is 11.7. The quantitative estimate of drug-likeness (QED) is 0.704. The first-order valence-electron chi connectivity index (χ1n) is 5.01. The van der Waals surface area contributed by atoms with E-state index in [4.69, 9.17) is 0 Å². The van der Waals surface area contributed by atoms with Crippen LogP contribution >= 0.6 is 0 Å². The minimum Gasteiger partial charge on any atom is -0.392 e. The van der Waals surface area contributed by atoms with Gasteiger partial charge in [0.2, 0.25) is 5.91 Å². The van der Waals surface area contributed by atoms with Gasteiger partial charge in [0, 0.05) is 13.6 Å². The summed E-state index contributed by atoms with van der Waals surface area (Å²) in [6.07, 6.45) is 0.853. The van der Waals surface area contributed by atoms with Gasteiger partial charge >= 0.3 is 0 Å². The third-order valence-electron chi connectivity index (χ3n) is 2.49. The van der Waals surface area contributed by atoms with Gasteiger partial charge < -0.3 is 10.0 Å². The average molecular weight is 187 g/mol. The molecule has 0 saturated heterocycles. The van der Waals surface area contributed by atoms with Crippen LogP contribution in [0.1, 0.15) is 33.6 Å². The zero-order chi connectivity index (χ0) is 10.4. The Morgan fingerprint density at radius 3 is 2.15 bits per heavy atom. The molecule has 1 amide bonds. The fourth-order valence-corrected chi connectivity index (χ4v) is 1.33. The van der Waals surface area contributed by atoms with Gasteiger partial charge in [-0.1, -0.05) is 13.8 Å². The van der Waals surface area contributed by atoms with Gasteiger partial charge in [-0.25, -0.2) is 0 Å². The Kier molecular flexibility index (Phi) is 5.71. The second-order valence-electron chi connectivity index (χ2n) is 3.34. The molecule has 0 rings (SSSR count). The lowest BCUT2D eigenvalue weighted by Gasteiger charge is -2.24. The van der Waals surface area contributed by atoms with Crippen LogP contribution in [0.3, 0.4) is 0 Å². The zero-order valence-corrected chi connectivity index (χ0v) is 9.08. The van der Waals surface area contributed by atoms with Crippen LogP contribution in [0, 0.1) is 5.92 Å². The molecule has 13 heavy (non-hydrogen) atoms. The highest BCUT2D eigenvalue weighted by Gasteiger charge is 2.25. The second kappa shape index (κ2) is 5.97. The van der Waals surface area contributed by atoms with Crippen LogP contribution < -0.4 is 0 Å². The Morgan fingerprint density at radius 2 is 1.85 bits per heavy atom. The smallest absolute Gasteiger partial charge is 0.228 e. The molecule has 78 valence electrons. The lowest BCUT2D eigenvalue weighted by atomic mass is 9.96. The van der Waals surface area contributed by atoms with E-state index in [0.29, 0.717) is 19.4 Å². The molecule has 0 aliphatic heterocycles. The van der Waals surface area contributed by atoms with Crippen molar-refractivity contribution in [2.45, 2.75) is 39.7 Å². The molecule has 0 spiro atoms. The van der Waals surface area contributed by atoms with E-state index in [1.165, 1.54) is 0 Å². The highest BCUT2D eigenvalue weighted by Crippen LogP contribution is 2.14. The van der Waals surface area contributed by atoms with Crippen molar-refractivity contribution in [1.29, 1.82) is 0 Å². The minimum atomic E-state index is -0.494. The Bertz CT molecular complexity index is 159. The predicted molar refractivity (Wildman–Crippen MR) is 53.4 cm³/mol. The van der Waals surface area contributed by atoms with Crippen molar-refractivity contribution in [3.63, 3.8) is 0 Å². The van der Waals surface area contributed by atoms with Crippen molar-refractivity contribution in [1.82, 2.24) is 4.90 Å². The van der Waals surface area contributed by atoms with Gasteiger partial charge in [0.15, 0.2) is 0 Å².